The quantitative estimate of drug-likeness (QED) is 0.164. The Morgan fingerprint density at radius 2 is 1.88 bits per heavy atom. The van der Waals surface area contributed by atoms with Crippen LogP contribution in [-0.4, -0.2) is 93.1 Å². The van der Waals surface area contributed by atoms with E-state index in [2.05, 4.69) is 63.4 Å². The van der Waals surface area contributed by atoms with E-state index in [4.69, 9.17) is 0 Å². The lowest BCUT2D eigenvalue weighted by Gasteiger charge is -2.38. The molecule has 5 aromatic rings. The van der Waals surface area contributed by atoms with Crippen LogP contribution in [0.5, 0.6) is 0 Å². The number of alkyl halides is 3. The third-order valence-corrected chi connectivity index (χ3v) is 9.38. The fraction of sp³-hybridized carbons (Fsp3) is 0.359. The molecule has 0 radical (unpaired) electrons. The Bertz CT molecular complexity index is 2110. The lowest BCUT2D eigenvalue weighted by Crippen LogP contribution is -2.49. The number of aromatic nitrogens is 4. The molecule has 1 atom stereocenters. The van der Waals surface area contributed by atoms with Gasteiger partial charge in [0.1, 0.15) is 5.69 Å². The molecule has 10 nitrogen and oxygen atoms in total. The number of carbonyl (C=O) groups excluding carboxylic acids is 1. The summed E-state index contributed by atoms with van der Waals surface area (Å²) in [5.74, 6) is 5.81. The van der Waals surface area contributed by atoms with E-state index < -0.39 is 17.6 Å². The van der Waals surface area contributed by atoms with Crippen LogP contribution in [0.25, 0.3) is 5.65 Å². The Kier molecular flexibility index (Phi) is 11.0. The molecule has 1 fully saturated rings. The van der Waals surface area contributed by atoms with Crippen LogP contribution in [0.15, 0.2) is 73.3 Å². The summed E-state index contributed by atoms with van der Waals surface area (Å²) in [6.45, 7) is 8.11. The summed E-state index contributed by atoms with van der Waals surface area (Å²) in [5, 5.41) is 10.5. The number of benzene rings is 2. The highest BCUT2D eigenvalue weighted by atomic mass is 19.4. The number of aryl methyl sites for hydroxylation is 2. The predicted octanol–water partition coefficient (Wildman–Crippen LogP) is 6.34. The molecule has 2 N–H and O–H groups in total. The van der Waals surface area contributed by atoms with Crippen molar-refractivity contribution in [3.05, 3.63) is 107 Å². The van der Waals surface area contributed by atoms with Gasteiger partial charge >= 0.3 is 6.18 Å². The monoisotopic (exact) mass is 711 g/mol. The Morgan fingerprint density at radius 1 is 1.06 bits per heavy atom. The molecular weight excluding hydrogens is 667 g/mol. The number of pyridine rings is 1. The molecule has 0 bridgehead atoms. The smallest absolute Gasteiger partial charge is 0.350 e. The minimum absolute atomic E-state index is 0.0767. The Labute approximate surface area is 302 Å². The zero-order valence-electron chi connectivity index (χ0n) is 30.1. The lowest BCUT2D eigenvalue weighted by atomic mass is 10.0. The number of hydrogen-bond donors (Lipinski definition) is 2. The number of anilines is 3. The molecule has 0 spiro atoms. The van der Waals surface area contributed by atoms with Gasteiger partial charge in [-0.25, -0.2) is 4.98 Å². The van der Waals surface area contributed by atoms with E-state index in [9.17, 15) is 18.0 Å². The standard InChI is InChI=1S/C39H44F3N9O/c1-27-9-10-30(38(52)46-32-13-11-31(35(21-32)39(40,41)42)25-49-19-18-48(5)28(2)24-49)20-29(27)12-14-34-23-43-37-36(8-6-17-51(34)37)45-33-22-44-50(26-33)16-7-15-47(3)4/h6,8-11,13,17,20-23,26,28,45H,7,15-16,18-19,24-25H2,1-5H3,(H,46,52)/t28-/m1/s1. The van der Waals surface area contributed by atoms with Crippen molar-refractivity contribution in [2.75, 3.05) is 58.0 Å². The third kappa shape index (κ3) is 8.82. The van der Waals surface area contributed by atoms with E-state index in [1.807, 2.05) is 52.5 Å². The van der Waals surface area contributed by atoms with E-state index in [0.717, 1.165) is 49.1 Å². The number of piperazine rings is 1. The van der Waals surface area contributed by atoms with Crippen molar-refractivity contribution >= 4 is 28.6 Å². The Morgan fingerprint density at radius 3 is 2.65 bits per heavy atom. The maximum atomic E-state index is 14.2. The molecule has 6 rings (SSSR count). The van der Waals surface area contributed by atoms with Crippen molar-refractivity contribution in [2.24, 2.45) is 0 Å². The number of carbonyl (C=O) groups is 1. The Hall–Kier alpha value is -5.16. The van der Waals surface area contributed by atoms with Gasteiger partial charge < -0.3 is 20.4 Å². The summed E-state index contributed by atoms with van der Waals surface area (Å²) in [7, 11) is 6.12. The molecule has 4 heterocycles. The first-order chi connectivity index (χ1) is 24.8. The van der Waals surface area contributed by atoms with Crippen LogP contribution in [0, 0.1) is 18.8 Å². The normalized spacial score (nSPS) is 15.5. The average Bonchev–Trinajstić information content (AvgIpc) is 3.73. The van der Waals surface area contributed by atoms with E-state index >= 15 is 0 Å². The van der Waals surface area contributed by atoms with Crippen LogP contribution < -0.4 is 10.6 Å². The fourth-order valence-corrected chi connectivity index (χ4v) is 6.25. The highest BCUT2D eigenvalue weighted by Gasteiger charge is 2.34. The number of likely N-dealkylation sites (N-methyl/N-ethyl adjacent to an activating group) is 1. The molecule has 1 aliphatic rings. The van der Waals surface area contributed by atoms with Crippen molar-refractivity contribution < 1.29 is 18.0 Å². The van der Waals surface area contributed by atoms with Crippen molar-refractivity contribution in [2.45, 2.75) is 45.6 Å². The van der Waals surface area contributed by atoms with Gasteiger partial charge in [0.05, 0.1) is 29.3 Å². The molecular formula is C39H44F3N9O. The van der Waals surface area contributed by atoms with E-state index in [1.165, 1.54) is 12.1 Å². The number of nitrogens with zero attached hydrogens (tertiary/aromatic N) is 7. The van der Waals surface area contributed by atoms with Crippen LogP contribution >= 0.6 is 0 Å². The third-order valence-electron chi connectivity index (χ3n) is 9.38. The molecule has 1 aliphatic heterocycles. The topological polar surface area (TPSA) is 86.0 Å². The van der Waals surface area contributed by atoms with Gasteiger partial charge in [0, 0.05) is 68.0 Å². The van der Waals surface area contributed by atoms with Crippen molar-refractivity contribution in [3.63, 3.8) is 0 Å². The summed E-state index contributed by atoms with van der Waals surface area (Å²) in [4.78, 5) is 24.3. The van der Waals surface area contributed by atoms with Gasteiger partial charge in [0.2, 0.25) is 0 Å². The second kappa shape index (κ2) is 15.6. The fourth-order valence-electron chi connectivity index (χ4n) is 6.25. The van der Waals surface area contributed by atoms with Gasteiger partial charge in [-0.2, -0.15) is 18.3 Å². The number of halogens is 3. The summed E-state index contributed by atoms with van der Waals surface area (Å²) < 4.78 is 46.4. The van der Waals surface area contributed by atoms with Crippen LogP contribution in [0.2, 0.25) is 0 Å². The summed E-state index contributed by atoms with van der Waals surface area (Å²) >= 11 is 0. The number of hydrogen-bond acceptors (Lipinski definition) is 7. The summed E-state index contributed by atoms with van der Waals surface area (Å²) in [5.41, 5.74) is 4.27. The first-order valence-electron chi connectivity index (χ1n) is 17.3. The molecule has 13 heteroatoms. The predicted molar refractivity (Wildman–Crippen MR) is 198 cm³/mol. The van der Waals surface area contributed by atoms with Crippen LogP contribution in [0.1, 0.15) is 51.7 Å². The van der Waals surface area contributed by atoms with Crippen molar-refractivity contribution in [3.8, 4) is 11.8 Å². The SMILES string of the molecule is Cc1ccc(C(=O)Nc2ccc(CN3CCN(C)[C@H](C)C3)c(C(F)(F)F)c2)cc1C#Cc1cnc2c(Nc3cnn(CCCN(C)C)c3)cccn12. The number of fused-ring (bicyclic) bond motifs is 1. The van der Waals surface area contributed by atoms with Crippen LogP contribution in [0.4, 0.5) is 30.2 Å². The van der Waals surface area contributed by atoms with E-state index in [0.29, 0.717) is 30.0 Å². The van der Waals surface area contributed by atoms with Gasteiger partial charge in [0.25, 0.3) is 5.91 Å². The zero-order chi connectivity index (χ0) is 37.0. The van der Waals surface area contributed by atoms with Gasteiger partial charge in [-0.15, -0.1) is 0 Å². The number of amides is 1. The van der Waals surface area contributed by atoms with Gasteiger partial charge in [0.15, 0.2) is 5.65 Å². The first-order valence-corrected chi connectivity index (χ1v) is 17.3. The molecule has 0 unspecified atom stereocenters. The molecule has 1 saturated heterocycles. The summed E-state index contributed by atoms with van der Waals surface area (Å²) in [6.07, 6.45) is 3.75. The first kappa shape index (κ1) is 36.6. The largest absolute Gasteiger partial charge is 0.416 e. The number of nitrogens with one attached hydrogen (secondary N) is 2. The Balaban J connectivity index is 1.16. The van der Waals surface area contributed by atoms with Crippen molar-refractivity contribution in [1.29, 1.82) is 0 Å². The lowest BCUT2D eigenvalue weighted by molar-refractivity contribution is -0.138. The average molecular weight is 712 g/mol. The van der Waals surface area contributed by atoms with Gasteiger partial charge in [-0.05, 0) is 101 Å². The van der Waals surface area contributed by atoms with Crippen LogP contribution in [-0.2, 0) is 19.3 Å². The molecule has 272 valence electrons. The minimum atomic E-state index is -4.57. The second-order valence-electron chi connectivity index (χ2n) is 13.7. The summed E-state index contributed by atoms with van der Waals surface area (Å²) in [6, 6.07) is 13.2. The van der Waals surface area contributed by atoms with E-state index in [1.54, 1.807) is 30.6 Å². The molecule has 2 aromatic carbocycles. The second-order valence-corrected chi connectivity index (χ2v) is 13.7. The number of rotatable bonds is 10. The number of imidazole rings is 1. The zero-order valence-corrected chi connectivity index (χ0v) is 30.1. The molecule has 0 aliphatic carbocycles. The molecule has 3 aromatic heterocycles. The maximum absolute atomic E-state index is 14.2. The molecule has 1 amide bonds. The van der Waals surface area contributed by atoms with Gasteiger partial charge in [-0.3, -0.25) is 18.8 Å². The van der Waals surface area contributed by atoms with E-state index in [-0.39, 0.29) is 29.4 Å². The van der Waals surface area contributed by atoms with Crippen molar-refractivity contribution in [1.82, 2.24) is 33.9 Å². The van der Waals surface area contributed by atoms with Crippen LogP contribution in [0.3, 0.4) is 0 Å². The minimum Gasteiger partial charge on any atom is -0.350 e. The maximum Gasteiger partial charge on any atom is 0.416 e. The highest BCUT2D eigenvalue weighted by Crippen LogP contribution is 2.35. The molecule has 0 saturated carbocycles. The highest BCUT2D eigenvalue weighted by molar-refractivity contribution is 6.04. The van der Waals surface area contributed by atoms with Gasteiger partial charge in [-0.1, -0.05) is 18.1 Å². The molecule has 52 heavy (non-hydrogen) atoms.